The maximum Gasteiger partial charge on any atom is 0.193 e. The van der Waals surface area contributed by atoms with Gasteiger partial charge >= 0.3 is 0 Å². The van der Waals surface area contributed by atoms with E-state index in [1.54, 1.807) is 6.92 Å². The average molecular weight is 373 g/mol. The third-order valence-electron chi connectivity index (χ3n) is 5.72. The lowest BCUT2D eigenvalue weighted by Gasteiger charge is -2.38. The highest BCUT2D eigenvalue weighted by molar-refractivity contribution is 6.74. The summed E-state index contributed by atoms with van der Waals surface area (Å²) in [6.45, 7) is 14.3. The molecule has 0 bridgehead atoms. The average Bonchev–Trinajstić information content (AvgIpc) is 2.57. The first-order valence-electron chi connectivity index (χ1n) is 9.32. The zero-order valence-electron chi connectivity index (χ0n) is 17.0. The predicted octanol–water partition coefficient (Wildman–Crippen LogP) is 5.49. The summed E-state index contributed by atoms with van der Waals surface area (Å²) < 4.78 is 6.22. The van der Waals surface area contributed by atoms with Crippen LogP contribution in [0, 0.1) is 5.92 Å². The van der Waals surface area contributed by atoms with E-state index < -0.39 is 26.4 Å². The van der Waals surface area contributed by atoms with Gasteiger partial charge in [-0.3, -0.25) is 4.79 Å². The lowest BCUT2D eigenvalue weighted by Crippen LogP contribution is -2.46. The Morgan fingerprint density at radius 3 is 2.19 bits per heavy atom. The lowest BCUT2D eigenvalue weighted by molar-refractivity contribution is -0.132. The van der Waals surface area contributed by atoms with Gasteiger partial charge < -0.3 is 9.53 Å². The fourth-order valence-electron chi connectivity index (χ4n) is 2.88. The van der Waals surface area contributed by atoms with Crippen molar-refractivity contribution in [1.29, 1.82) is 0 Å². The lowest BCUT2D eigenvalue weighted by atomic mass is 9.90. The molecule has 0 fully saturated rings. The van der Waals surface area contributed by atoms with E-state index in [1.807, 2.05) is 49.4 Å². The Kier molecular flexibility index (Phi) is 6.11. The molecule has 2 rings (SSSR count). The zero-order valence-corrected chi connectivity index (χ0v) is 18.0. The Balaban J connectivity index is 2.15. The number of carbonyl (C=O) groups excluding carboxylic acids is 1. The molecule has 26 heavy (non-hydrogen) atoms. The maximum atomic E-state index is 12.9. The number of aliphatic hydroxyl groups is 1. The fourth-order valence-corrected chi connectivity index (χ4v) is 4.24. The second kappa shape index (κ2) is 7.63. The molecule has 1 N–H and O–H groups in total. The van der Waals surface area contributed by atoms with Crippen molar-refractivity contribution >= 4 is 24.9 Å². The van der Waals surface area contributed by atoms with Crippen LogP contribution in [0.1, 0.15) is 46.3 Å². The van der Waals surface area contributed by atoms with Gasteiger partial charge in [-0.05, 0) is 47.5 Å². The molecule has 0 amide bonds. The summed E-state index contributed by atoms with van der Waals surface area (Å²) in [5.41, 5.74) is 0.768. The number of hydrogen-bond donors (Lipinski definition) is 1. The predicted molar refractivity (Wildman–Crippen MR) is 111 cm³/mol. The molecule has 0 unspecified atom stereocenters. The topological polar surface area (TPSA) is 46.5 Å². The highest BCUT2D eigenvalue weighted by atomic mass is 28.4. The molecule has 0 aliphatic rings. The number of carbonyl (C=O) groups is 1. The van der Waals surface area contributed by atoms with Gasteiger partial charge in [0.05, 0.1) is 6.10 Å². The van der Waals surface area contributed by atoms with Crippen LogP contribution in [0.3, 0.4) is 0 Å². The van der Waals surface area contributed by atoms with E-state index in [0.717, 1.165) is 16.3 Å². The first-order valence-corrected chi connectivity index (χ1v) is 12.2. The van der Waals surface area contributed by atoms with Crippen molar-refractivity contribution in [3.63, 3.8) is 0 Å². The molecule has 0 aliphatic carbocycles. The van der Waals surface area contributed by atoms with Crippen LogP contribution in [0.5, 0.6) is 0 Å². The highest BCUT2D eigenvalue weighted by Gasteiger charge is 2.40. The number of Topliss-reactive ketones (excluding diaryl/α,β-unsaturated/α-hetero) is 1. The van der Waals surface area contributed by atoms with Crippen LogP contribution in [0.25, 0.3) is 10.8 Å². The molecule has 3 nitrogen and oxygen atoms in total. The molecule has 0 aliphatic heterocycles. The van der Waals surface area contributed by atoms with Crippen molar-refractivity contribution in [2.75, 3.05) is 0 Å². The Morgan fingerprint density at radius 2 is 1.62 bits per heavy atom. The summed E-state index contributed by atoms with van der Waals surface area (Å²) in [5, 5.41) is 13.0. The smallest absolute Gasteiger partial charge is 0.193 e. The Hall–Kier alpha value is -1.49. The van der Waals surface area contributed by atoms with E-state index in [2.05, 4.69) is 33.9 Å². The molecule has 4 heteroatoms. The summed E-state index contributed by atoms with van der Waals surface area (Å²) in [6.07, 6.45) is -1.35. The molecule has 142 valence electrons. The number of rotatable bonds is 6. The minimum Gasteiger partial charge on any atom is -0.407 e. The monoisotopic (exact) mass is 372 g/mol. The molecular formula is C22H32O3Si. The second-order valence-corrected chi connectivity index (χ2v) is 13.5. The standard InChI is InChI=1S/C22H32O3Si/c1-15(20(23)16(2)25-26(6,7)22(3,4)5)21(24)19-13-12-17-10-8-9-11-18(17)14-19/h8-16,21,24H,1-7H3/t15-,16-,21+/m1/s1. The zero-order chi connectivity index (χ0) is 19.7. The van der Waals surface area contributed by atoms with E-state index in [-0.39, 0.29) is 10.8 Å². The Bertz CT molecular complexity index is 776. The van der Waals surface area contributed by atoms with Crippen LogP contribution in [0.15, 0.2) is 42.5 Å². The van der Waals surface area contributed by atoms with E-state index in [0.29, 0.717) is 0 Å². The largest absolute Gasteiger partial charge is 0.407 e. The van der Waals surface area contributed by atoms with Crippen molar-refractivity contribution in [3.8, 4) is 0 Å². The van der Waals surface area contributed by atoms with Gasteiger partial charge in [0.25, 0.3) is 0 Å². The van der Waals surface area contributed by atoms with Crippen LogP contribution in [0.2, 0.25) is 18.1 Å². The molecule has 3 atom stereocenters. The molecule has 2 aromatic rings. The van der Waals surface area contributed by atoms with Gasteiger partial charge in [-0.15, -0.1) is 0 Å². The first-order chi connectivity index (χ1) is 11.9. The van der Waals surface area contributed by atoms with E-state index >= 15 is 0 Å². The highest BCUT2D eigenvalue weighted by Crippen LogP contribution is 2.38. The molecule has 0 saturated carbocycles. The van der Waals surface area contributed by atoms with Gasteiger partial charge in [-0.2, -0.15) is 0 Å². The van der Waals surface area contributed by atoms with Crippen LogP contribution in [-0.2, 0) is 9.22 Å². The molecule has 0 radical (unpaired) electrons. The second-order valence-electron chi connectivity index (χ2n) is 8.76. The van der Waals surface area contributed by atoms with Crippen LogP contribution >= 0.6 is 0 Å². The van der Waals surface area contributed by atoms with Crippen LogP contribution in [0.4, 0.5) is 0 Å². The number of ketones is 1. The summed E-state index contributed by atoms with van der Waals surface area (Å²) in [6, 6.07) is 13.9. The van der Waals surface area contributed by atoms with Gasteiger partial charge in [-0.1, -0.05) is 64.1 Å². The number of aliphatic hydroxyl groups excluding tert-OH is 1. The summed E-state index contributed by atoms with van der Waals surface area (Å²) >= 11 is 0. The molecular weight excluding hydrogens is 340 g/mol. The molecule has 0 spiro atoms. The summed E-state index contributed by atoms with van der Waals surface area (Å²) in [7, 11) is -2.03. The van der Waals surface area contributed by atoms with Crippen molar-refractivity contribution in [2.24, 2.45) is 5.92 Å². The molecule has 2 aromatic carbocycles. The number of benzene rings is 2. The Morgan fingerprint density at radius 1 is 1.04 bits per heavy atom. The van der Waals surface area contributed by atoms with Crippen LogP contribution < -0.4 is 0 Å². The van der Waals surface area contributed by atoms with E-state index in [1.165, 1.54) is 0 Å². The molecule has 0 aromatic heterocycles. The minimum absolute atomic E-state index is 0.0434. The Labute approximate surface area is 158 Å². The maximum absolute atomic E-state index is 12.9. The normalized spacial score (nSPS) is 16.3. The van der Waals surface area contributed by atoms with Crippen molar-refractivity contribution in [2.45, 2.75) is 65.0 Å². The van der Waals surface area contributed by atoms with Gasteiger partial charge in [0.1, 0.15) is 6.10 Å². The fraction of sp³-hybridized carbons (Fsp3) is 0.500. The van der Waals surface area contributed by atoms with Crippen molar-refractivity contribution in [3.05, 3.63) is 48.0 Å². The third-order valence-corrected chi connectivity index (χ3v) is 10.3. The van der Waals surface area contributed by atoms with Crippen LogP contribution in [-0.4, -0.2) is 25.3 Å². The van der Waals surface area contributed by atoms with Gasteiger partial charge in [0, 0.05) is 5.92 Å². The van der Waals surface area contributed by atoms with Gasteiger partial charge in [0.2, 0.25) is 0 Å². The van der Waals surface area contributed by atoms with E-state index in [4.69, 9.17) is 4.43 Å². The van der Waals surface area contributed by atoms with Gasteiger partial charge in [0.15, 0.2) is 14.1 Å². The number of hydrogen-bond acceptors (Lipinski definition) is 3. The quantitative estimate of drug-likeness (QED) is 0.682. The first kappa shape index (κ1) is 20.8. The SMILES string of the molecule is C[C@H](C(=O)[C@@H](C)O[Si](C)(C)C(C)(C)C)[C@H](O)c1ccc2ccccc2c1. The molecule has 0 saturated heterocycles. The van der Waals surface area contributed by atoms with Gasteiger partial charge in [-0.25, -0.2) is 0 Å². The van der Waals surface area contributed by atoms with Crippen molar-refractivity contribution in [1.82, 2.24) is 0 Å². The van der Waals surface area contributed by atoms with E-state index in [9.17, 15) is 9.90 Å². The summed E-state index contributed by atoms with van der Waals surface area (Å²) in [5.74, 6) is -0.564. The minimum atomic E-state index is -2.03. The molecule has 0 heterocycles. The summed E-state index contributed by atoms with van der Waals surface area (Å²) in [4.78, 5) is 12.9. The van der Waals surface area contributed by atoms with Crippen molar-refractivity contribution < 1.29 is 14.3 Å². The third kappa shape index (κ3) is 4.42. The number of fused-ring (bicyclic) bond motifs is 1.